The van der Waals surface area contributed by atoms with E-state index in [0.29, 0.717) is 19.4 Å². The summed E-state index contributed by atoms with van der Waals surface area (Å²) in [5.41, 5.74) is 16.2. The zero-order chi connectivity index (χ0) is 24.8. The predicted octanol–water partition coefficient (Wildman–Crippen LogP) is -2.17. The van der Waals surface area contributed by atoms with Crippen molar-refractivity contribution in [2.45, 2.75) is 70.1 Å². The third-order valence-corrected chi connectivity index (χ3v) is 5.05. The molecule has 0 aromatic heterocycles. The van der Waals surface area contributed by atoms with E-state index in [4.69, 9.17) is 17.2 Å². The number of carboxylic acids is 1. The Morgan fingerprint density at radius 2 is 1.50 bits per heavy atom. The number of hydrogen-bond donors (Lipinski definition) is 8. The van der Waals surface area contributed by atoms with Crippen LogP contribution in [-0.4, -0.2) is 71.2 Å². The molecule has 0 aliphatic carbocycles. The minimum atomic E-state index is -1.35. The standard InChI is InChI=1S/C19H36N6O6S/c1-10(2)15(25-16(27)11(21)9-32)18(29)23-12(5-3-4-8-20)17(28)24-13(19(30)31)6-7-14(22)26/h10-13,15,32H,3-9,20-21H2,1-2H3,(H2,22,26)(H,23,29)(H,24,28)(H,25,27)(H,30,31). The molecule has 0 saturated heterocycles. The lowest BCUT2D eigenvalue weighted by Gasteiger charge is -2.27. The average Bonchev–Trinajstić information content (AvgIpc) is 2.72. The van der Waals surface area contributed by atoms with Crippen molar-refractivity contribution in [2.24, 2.45) is 23.1 Å². The van der Waals surface area contributed by atoms with Crippen LogP contribution in [0.3, 0.4) is 0 Å². The first-order valence-corrected chi connectivity index (χ1v) is 11.1. The topological polar surface area (TPSA) is 220 Å². The second-order valence-electron chi connectivity index (χ2n) is 7.77. The fraction of sp³-hybridized carbons (Fsp3) is 0.737. The highest BCUT2D eigenvalue weighted by atomic mass is 32.1. The van der Waals surface area contributed by atoms with Crippen molar-refractivity contribution in [3.05, 3.63) is 0 Å². The molecule has 32 heavy (non-hydrogen) atoms. The van der Waals surface area contributed by atoms with Gasteiger partial charge in [0.05, 0.1) is 6.04 Å². The van der Waals surface area contributed by atoms with Gasteiger partial charge < -0.3 is 38.3 Å². The maximum Gasteiger partial charge on any atom is 0.326 e. The van der Waals surface area contributed by atoms with E-state index in [-0.39, 0.29) is 30.9 Å². The maximum atomic E-state index is 12.8. The summed E-state index contributed by atoms with van der Waals surface area (Å²) in [6, 6.07) is -4.29. The summed E-state index contributed by atoms with van der Waals surface area (Å²) in [7, 11) is 0. The lowest BCUT2D eigenvalue weighted by molar-refractivity contribution is -0.142. The molecule has 4 atom stereocenters. The highest BCUT2D eigenvalue weighted by Crippen LogP contribution is 2.08. The van der Waals surface area contributed by atoms with E-state index >= 15 is 0 Å². The van der Waals surface area contributed by atoms with Crippen LogP contribution in [0.1, 0.15) is 46.0 Å². The van der Waals surface area contributed by atoms with Crippen molar-refractivity contribution < 1.29 is 29.1 Å². The summed E-state index contributed by atoms with van der Waals surface area (Å²) in [6.45, 7) is 3.81. The van der Waals surface area contributed by atoms with Crippen LogP contribution in [0.25, 0.3) is 0 Å². The highest BCUT2D eigenvalue weighted by molar-refractivity contribution is 7.80. The number of hydrogen-bond acceptors (Lipinski definition) is 8. The normalized spacial score (nSPS) is 14.7. The molecule has 0 heterocycles. The summed E-state index contributed by atoms with van der Waals surface area (Å²) in [6.07, 6.45) is 0.869. The minimum absolute atomic E-state index is 0.0876. The monoisotopic (exact) mass is 476 g/mol. The largest absolute Gasteiger partial charge is 0.480 e. The van der Waals surface area contributed by atoms with E-state index in [0.717, 1.165) is 0 Å². The molecule has 12 nitrogen and oxygen atoms in total. The Kier molecular flexibility index (Phi) is 14.3. The Balaban J connectivity index is 5.41. The zero-order valence-electron chi connectivity index (χ0n) is 18.5. The minimum Gasteiger partial charge on any atom is -0.480 e. The number of unbranched alkanes of at least 4 members (excludes halogenated alkanes) is 1. The summed E-state index contributed by atoms with van der Waals surface area (Å²) >= 11 is 3.96. The van der Waals surface area contributed by atoms with Crippen molar-refractivity contribution >= 4 is 42.2 Å². The lowest BCUT2D eigenvalue weighted by atomic mass is 10.0. The van der Waals surface area contributed by atoms with Gasteiger partial charge in [-0.3, -0.25) is 19.2 Å². The van der Waals surface area contributed by atoms with Gasteiger partial charge >= 0.3 is 5.97 Å². The van der Waals surface area contributed by atoms with Gasteiger partial charge in [0.25, 0.3) is 0 Å². The molecule has 4 unspecified atom stereocenters. The molecule has 0 aliphatic heterocycles. The number of amides is 4. The van der Waals surface area contributed by atoms with Crippen molar-refractivity contribution in [3.63, 3.8) is 0 Å². The summed E-state index contributed by atoms with van der Waals surface area (Å²) in [5, 5.41) is 16.8. The molecule has 0 aromatic rings. The number of carbonyl (C=O) groups excluding carboxylic acids is 4. The molecule has 0 rings (SSSR count). The molecular formula is C19H36N6O6S. The third-order valence-electron chi connectivity index (χ3n) is 4.65. The number of aliphatic carboxylic acids is 1. The van der Waals surface area contributed by atoms with E-state index in [1.807, 2.05) is 0 Å². The molecule has 13 heteroatoms. The Morgan fingerprint density at radius 3 is 1.97 bits per heavy atom. The Morgan fingerprint density at radius 1 is 0.906 bits per heavy atom. The predicted molar refractivity (Wildman–Crippen MR) is 121 cm³/mol. The summed E-state index contributed by atoms with van der Waals surface area (Å²) in [4.78, 5) is 60.1. The Hall–Kier alpha value is -2.38. The van der Waals surface area contributed by atoms with E-state index in [2.05, 4.69) is 28.6 Å². The number of nitrogens with two attached hydrogens (primary N) is 3. The van der Waals surface area contributed by atoms with Crippen LogP contribution in [0.15, 0.2) is 0 Å². The number of nitrogens with one attached hydrogen (secondary N) is 3. The first kappa shape index (κ1) is 29.6. The summed E-state index contributed by atoms with van der Waals surface area (Å²) < 4.78 is 0. The molecule has 0 fully saturated rings. The van der Waals surface area contributed by atoms with Gasteiger partial charge in [-0.1, -0.05) is 13.8 Å². The van der Waals surface area contributed by atoms with Crippen LogP contribution in [0.5, 0.6) is 0 Å². The van der Waals surface area contributed by atoms with E-state index in [1.165, 1.54) is 0 Å². The molecular weight excluding hydrogens is 440 g/mol. The van der Waals surface area contributed by atoms with Gasteiger partial charge in [0.2, 0.25) is 23.6 Å². The van der Waals surface area contributed by atoms with E-state index in [1.54, 1.807) is 13.8 Å². The van der Waals surface area contributed by atoms with Crippen LogP contribution >= 0.6 is 12.6 Å². The molecule has 184 valence electrons. The number of thiol groups is 1. The molecule has 0 aliphatic rings. The van der Waals surface area contributed by atoms with Crippen LogP contribution in [0, 0.1) is 5.92 Å². The Labute approximate surface area is 193 Å². The molecule has 0 bridgehead atoms. The highest BCUT2D eigenvalue weighted by Gasteiger charge is 2.31. The lowest BCUT2D eigenvalue weighted by Crippen LogP contribution is -2.58. The van der Waals surface area contributed by atoms with Crippen LogP contribution in [0.2, 0.25) is 0 Å². The number of primary amides is 1. The van der Waals surface area contributed by atoms with Crippen LogP contribution < -0.4 is 33.2 Å². The fourth-order valence-electron chi connectivity index (χ4n) is 2.72. The fourth-order valence-corrected chi connectivity index (χ4v) is 2.88. The SMILES string of the molecule is CC(C)C(NC(=O)C(N)CS)C(=O)NC(CCCCN)C(=O)NC(CCC(N)=O)C(=O)O. The maximum absolute atomic E-state index is 12.8. The molecule has 0 spiro atoms. The summed E-state index contributed by atoms with van der Waals surface area (Å²) in [5.74, 6) is -4.17. The van der Waals surface area contributed by atoms with Gasteiger partial charge in [-0.25, -0.2) is 4.79 Å². The number of carbonyl (C=O) groups is 5. The van der Waals surface area contributed by atoms with Gasteiger partial charge in [0.1, 0.15) is 18.1 Å². The first-order chi connectivity index (χ1) is 14.9. The first-order valence-electron chi connectivity index (χ1n) is 10.4. The van der Waals surface area contributed by atoms with Gasteiger partial charge in [-0.2, -0.15) is 12.6 Å². The second kappa shape index (κ2) is 15.4. The van der Waals surface area contributed by atoms with Gasteiger partial charge in [0, 0.05) is 12.2 Å². The van der Waals surface area contributed by atoms with Gasteiger partial charge in [-0.05, 0) is 38.1 Å². The van der Waals surface area contributed by atoms with E-state index in [9.17, 15) is 29.1 Å². The molecule has 10 N–H and O–H groups in total. The van der Waals surface area contributed by atoms with Crippen molar-refractivity contribution in [1.82, 2.24) is 16.0 Å². The van der Waals surface area contributed by atoms with Crippen molar-refractivity contribution in [1.29, 1.82) is 0 Å². The molecule has 0 radical (unpaired) electrons. The molecule has 0 aromatic carbocycles. The smallest absolute Gasteiger partial charge is 0.326 e. The number of rotatable bonds is 16. The van der Waals surface area contributed by atoms with Crippen LogP contribution in [0.4, 0.5) is 0 Å². The van der Waals surface area contributed by atoms with Gasteiger partial charge in [0.15, 0.2) is 0 Å². The quantitative estimate of drug-likeness (QED) is 0.0902. The van der Waals surface area contributed by atoms with E-state index < -0.39 is 53.8 Å². The van der Waals surface area contributed by atoms with Crippen molar-refractivity contribution in [3.8, 4) is 0 Å². The third kappa shape index (κ3) is 11.3. The number of carboxylic acid groups (broad SMARTS) is 1. The zero-order valence-corrected chi connectivity index (χ0v) is 19.4. The second-order valence-corrected chi connectivity index (χ2v) is 8.13. The average molecular weight is 477 g/mol. The Bertz CT molecular complexity index is 662. The van der Waals surface area contributed by atoms with Gasteiger partial charge in [-0.15, -0.1) is 0 Å². The molecule has 0 saturated carbocycles. The molecule has 4 amide bonds. The van der Waals surface area contributed by atoms with Crippen molar-refractivity contribution in [2.75, 3.05) is 12.3 Å². The van der Waals surface area contributed by atoms with Crippen LogP contribution in [-0.2, 0) is 24.0 Å².